The van der Waals surface area contributed by atoms with E-state index in [0.29, 0.717) is 29.6 Å². The van der Waals surface area contributed by atoms with Crippen molar-refractivity contribution in [3.05, 3.63) is 36.4 Å². The molecule has 0 aliphatic rings. The molecular formula is C15H17N5O3. The van der Waals surface area contributed by atoms with Crippen molar-refractivity contribution in [2.24, 2.45) is 0 Å². The summed E-state index contributed by atoms with van der Waals surface area (Å²) >= 11 is 0. The largest absolute Gasteiger partial charge is 0.469 e. The van der Waals surface area contributed by atoms with E-state index in [1.54, 1.807) is 29.4 Å². The minimum Gasteiger partial charge on any atom is -0.469 e. The van der Waals surface area contributed by atoms with Crippen LogP contribution < -0.4 is 5.32 Å². The van der Waals surface area contributed by atoms with E-state index in [1.807, 2.05) is 13.8 Å². The average Bonchev–Trinajstić information content (AvgIpc) is 3.25. The number of anilines is 1. The number of carbonyl (C=O) groups excluding carboxylic acids is 1. The molecule has 3 aromatic rings. The normalized spacial score (nSPS) is 10.9. The van der Waals surface area contributed by atoms with Gasteiger partial charge in [0.25, 0.3) is 5.89 Å². The molecule has 0 unspecified atom stereocenters. The molecule has 23 heavy (non-hydrogen) atoms. The predicted molar refractivity (Wildman–Crippen MR) is 81.6 cm³/mol. The summed E-state index contributed by atoms with van der Waals surface area (Å²) < 4.78 is 12.5. The predicted octanol–water partition coefficient (Wildman–Crippen LogP) is 2.43. The van der Waals surface area contributed by atoms with Gasteiger partial charge in [0.05, 0.1) is 23.7 Å². The van der Waals surface area contributed by atoms with Gasteiger partial charge in [-0.05, 0) is 19.9 Å². The molecule has 3 aromatic heterocycles. The van der Waals surface area contributed by atoms with Gasteiger partial charge in [-0.1, -0.05) is 0 Å². The van der Waals surface area contributed by atoms with Crippen molar-refractivity contribution < 1.29 is 13.6 Å². The summed E-state index contributed by atoms with van der Waals surface area (Å²) in [5.74, 6) is 1.40. The molecule has 8 heteroatoms. The van der Waals surface area contributed by atoms with Crippen LogP contribution in [0.4, 0.5) is 5.69 Å². The van der Waals surface area contributed by atoms with Gasteiger partial charge >= 0.3 is 0 Å². The first-order valence-corrected chi connectivity index (χ1v) is 7.35. The number of hydrogen-bond acceptors (Lipinski definition) is 6. The summed E-state index contributed by atoms with van der Waals surface area (Å²) in [5, 5.41) is 14.8. The number of carbonyl (C=O) groups is 1. The number of nitrogens with one attached hydrogen (secondary N) is 1. The lowest BCUT2D eigenvalue weighted by molar-refractivity contribution is -0.116. The fourth-order valence-corrected chi connectivity index (χ4v) is 2.12. The van der Waals surface area contributed by atoms with E-state index in [4.69, 9.17) is 8.83 Å². The molecular weight excluding hydrogens is 298 g/mol. The van der Waals surface area contributed by atoms with Crippen LogP contribution in [0.15, 0.2) is 33.6 Å². The standard InChI is InChI=1S/C15H17N5O3/c1-3-20-9-11(8-16-20)17-13(21)4-5-14-18-19-15(23-14)12-6-7-22-10(12)2/h6-9H,3-5H2,1-2H3,(H,17,21). The molecule has 0 radical (unpaired) electrons. The van der Waals surface area contributed by atoms with Gasteiger partial charge in [-0.3, -0.25) is 9.48 Å². The lowest BCUT2D eigenvalue weighted by atomic mass is 10.2. The molecule has 1 amide bonds. The van der Waals surface area contributed by atoms with Gasteiger partial charge in [0.15, 0.2) is 0 Å². The van der Waals surface area contributed by atoms with Gasteiger partial charge in [-0.15, -0.1) is 10.2 Å². The zero-order valence-corrected chi connectivity index (χ0v) is 12.9. The van der Waals surface area contributed by atoms with Gasteiger partial charge in [0.2, 0.25) is 11.8 Å². The minimum absolute atomic E-state index is 0.125. The van der Waals surface area contributed by atoms with Crippen molar-refractivity contribution in [1.82, 2.24) is 20.0 Å². The molecule has 3 rings (SSSR count). The maximum absolute atomic E-state index is 11.9. The van der Waals surface area contributed by atoms with Crippen molar-refractivity contribution in [1.29, 1.82) is 0 Å². The van der Waals surface area contributed by atoms with Gasteiger partial charge in [0.1, 0.15) is 5.76 Å². The Kier molecular flexibility index (Phi) is 4.22. The molecule has 120 valence electrons. The van der Waals surface area contributed by atoms with Crippen LogP contribution >= 0.6 is 0 Å². The SMILES string of the molecule is CCn1cc(NC(=O)CCc2nnc(-c3ccoc3C)o2)cn1. The van der Waals surface area contributed by atoms with Crippen LogP contribution in [0.2, 0.25) is 0 Å². The molecule has 1 N–H and O–H groups in total. The summed E-state index contributed by atoms with van der Waals surface area (Å²) in [6, 6.07) is 1.77. The van der Waals surface area contributed by atoms with Gasteiger partial charge in [-0.25, -0.2) is 0 Å². The first kappa shape index (κ1) is 15.0. The maximum atomic E-state index is 11.9. The van der Waals surface area contributed by atoms with Crippen LogP contribution in [0.3, 0.4) is 0 Å². The van der Waals surface area contributed by atoms with Crippen molar-refractivity contribution >= 4 is 11.6 Å². The molecule has 0 atom stereocenters. The van der Waals surface area contributed by atoms with Crippen LogP contribution in [0.5, 0.6) is 0 Å². The van der Waals surface area contributed by atoms with E-state index in [2.05, 4.69) is 20.6 Å². The highest BCUT2D eigenvalue weighted by Crippen LogP contribution is 2.23. The summed E-state index contributed by atoms with van der Waals surface area (Å²) in [7, 11) is 0. The highest BCUT2D eigenvalue weighted by Gasteiger charge is 2.14. The molecule has 0 saturated heterocycles. The first-order chi connectivity index (χ1) is 11.2. The van der Waals surface area contributed by atoms with Gasteiger partial charge in [-0.2, -0.15) is 5.10 Å². The van der Waals surface area contributed by atoms with Crippen molar-refractivity contribution in [3.8, 4) is 11.5 Å². The lowest BCUT2D eigenvalue weighted by Gasteiger charge is -2.00. The molecule has 8 nitrogen and oxygen atoms in total. The second-order valence-corrected chi connectivity index (χ2v) is 5.02. The van der Waals surface area contributed by atoms with Crippen LogP contribution in [-0.4, -0.2) is 25.9 Å². The fourth-order valence-electron chi connectivity index (χ4n) is 2.12. The van der Waals surface area contributed by atoms with Crippen molar-refractivity contribution in [3.63, 3.8) is 0 Å². The monoisotopic (exact) mass is 315 g/mol. The highest BCUT2D eigenvalue weighted by atomic mass is 16.4. The van der Waals surface area contributed by atoms with E-state index in [1.165, 1.54) is 0 Å². The second kappa shape index (κ2) is 6.47. The second-order valence-electron chi connectivity index (χ2n) is 5.02. The van der Waals surface area contributed by atoms with Crippen molar-refractivity contribution in [2.45, 2.75) is 33.2 Å². The number of aryl methyl sites for hydroxylation is 3. The Balaban J connectivity index is 1.55. The topological polar surface area (TPSA) is 99.0 Å². The Morgan fingerprint density at radius 1 is 1.39 bits per heavy atom. The Labute approximate surface area is 132 Å². The van der Waals surface area contributed by atoms with Crippen molar-refractivity contribution in [2.75, 3.05) is 5.32 Å². The minimum atomic E-state index is -0.125. The molecule has 0 spiro atoms. The third kappa shape index (κ3) is 3.47. The van der Waals surface area contributed by atoms with Crippen LogP contribution in [-0.2, 0) is 17.8 Å². The van der Waals surface area contributed by atoms with Gasteiger partial charge < -0.3 is 14.2 Å². The Bertz CT molecular complexity index is 802. The van der Waals surface area contributed by atoms with Crippen LogP contribution in [0.25, 0.3) is 11.5 Å². The molecule has 0 aliphatic carbocycles. The lowest BCUT2D eigenvalue weighted by Crippen LogP contribution is -2.12. The molecule has 0 fully saturated rings. The maximum Gasteiger partial charge on any atom is 0.251 e. The van der Waals surface area contributed by atoms with E-state index in [9.17, 15) is 4.79 Å². The average molecular weight is 315 g/mol. The van der Waals surface area contributed by atoms with Gasteiger partial charge in [0, 0.05) is 25.6 Å². The number of hydrogen-bond donors (Lipinski definition) is 1. The Morgan fingerprint density at radius 2 is 2.26 bits per heavy atom. The number of furan rings is 1. The zero-order chi connectivity index (χ0) is 16.2. The number of rotatable bonds is 6. The third-order valence-electron chi connectivity index (χ3n) is 3.36. The molecule has 0 saturated carbocycles. The Morgan fingerprint density at radius 3 is 2.96 bits per heavy atom. The quantitative estimate of drug-likeness (QED) is 0.750. The van der Waals surface area contributed by atoms with E-state index >= 15 is 0 Å². The molecule has 0 aliphatic heterocycles. The number of aromatic nitrogens is 4. The molecule has 0 bridgehead atoms. The third-order valence-corrected chi connectivity index (χ3v) is 3.36. The zero-order valence-electron chi connectivity index (χ0n) is 12.9. The van der Waals surface area contributed by atoms with E-state index in [0.717, 1.165) is 12.1 Å². The first-order valence-electron chi connectivity index (χ1n) is 7.35. The number of amides is 1. The Hall–Kier alpha value is -2.90. The summed E-state index contributed by atoms with van der Waals surface area (Å²) in [6.07, 6.45) is 5.59. The molecule has 3 heterocycles. The summed E-state index contributed by atoms with van der Waals surface area (Å²) in [4.78, 5) is 11.9. The fraction of sp³-hybridized carbons (Fsp3) is 0.333. The summed E-state index contributed by atoms with van der Waals surface area (Å²) in [5.41, 5.74) is 1.44. The summed E-state index contributed by atoms with van der Waals surface area (Å²) in [6.45, 7) is 4.56. The van der Waals surface area contributed by atoms with E-state index in [-0.39, 0.29) is 12.3 Å². The smallest absolute Gasteiger partial charge is 0.251 e. The molecule has 0 aromatic carbocycles. The van der Waals surface area contributed by atoms with Crippen LogP contribution in [0, 0.1) is 6.92 Å². The van der Waals surface area contributed by atoms with E-state index < -0.39 is 0 Å². The van der Waals surface area contributed by atoms with Crippen LogP contribution in [0.1, 0.15) is 25.0 Å². The highest BCUT2D eigenvalue weighted by molar-refractivity contribution is 5.90. The number of nitrogens with zero attached hydrogens (tertiary/aromatic N) is 4.